The maximum atomic E-state index is 11.3. The molecule has 2 aromatic heterocycles. The number of thiazole rings is 1. The number of hydrogen-bond donors (Lipinski definition) is 0. The van der Waals surface area contributed by atoms with Crippen LogP contribution in [0.3, 0.4) is 0 Å². The maximum Gasteiger partial charge on any atom is 0.336 e. The Hall–Kier alpha value is -2.46. The third-order valence-corrected chi connectivity index (χ3v) is 4.67. The lowest BCUT2D eigenvalue weighted by Gasteiger charge is -1.99. The smallest absolute Gasteiger partial charge is 0.336 e. The van der Waals surface area contributed by atoms with Crippen molar-refractivity contribution in [1.82, 2.24) is 4.98 Å². The number of fused-ring (bicyclic) bond motifs is 3. The van der Waals surface area contributed by atoms with E-state index in [0.29, 0.717) is 5.58 Å². The second-order valence-electron chi connectivity index (χ2n) is 4.91. The topological polar surface area (TPSA) is 43.1 Å². The predicted octanol–water partition coefficient (Wildman–Crippen LogP) is 4.38. The van der Waals surface area contributed by atoms with Gasteiger partial charge in [0.15, 0.2) is 0 Å². The van der Waals surface area contributed by atoms with Gasteiger partial charge in [0.2, 0.25) is 0 Å². The van der Waals surface area contributed by atoms with E-state index in [1.54, 1.807) is 17.4 Å². The molecule has 21 heavy (non-hydrogen) atoms. The van der Waals surface area contributed by atoms with E-state index in [4.69, 9.17) is 9.40 Å². The van der Waals surface area contributed by atoms with Crippen LogP contribution in [0.25, 0.3) is 31.8 Å². The molecule has 0 amide bonds. The van der Waals surface area contributed by atoms with Gasteiger partial charge in [0.05, 0.1) is 10.2 Å². The number of aromatic nitrogens is 1. The van der Waals surface area contributed by atoms with Gasteiger partial charge in [0, 0.05) is 17.0 Å². The van der Waals surface area contributed by atoms with E-state index in [-0.39, 0.29) is 5.63 Å². The molecule has 0 fully saturated rings. The van der Waals surface area contributed by atoms with Crippen LogP contribution in [-0.4, -0.2) is 4.98 Å². The van der Waals surface area contributed by atoms with E-state index in [1.165, 1.54) is 11.6 Å². The molecular formula is C17H11NO2S. The van der Waals surface area contributed by atoms with Crippen LogP contribution in [0.4, 0.5) is 0 Å². The summed E-state index contributed by atoms with van der Waals surface area (Å²) in [6, 6.07) is 15.2. The highest BCUT2D eigenvalue weighted by atomic mass is 32.1. The Morgan fingerprint density at radius 2 is 1.90 bits per heavy atom. The minimum Gasteiger partial charge on any atom is -0.423 e. The third-order valence-electron chi connectivity index (χ3n) is 3.53. The van der Waals surface area contributed by atoms with Crippen LogP contribution in [0.2, 0.25) is 0 Å². The molecule has 0 saturated heterocycles. The van der Waals surface area contributed by atoms with Crippen molar-refractivity contribution in [3.63, 3.8) is 0 Å². The zero-order valence-corrected chi connectivity index (χ0v) is 12.1. The normalized spacial score (nSPS) is 11.3. The molecule has 0 aliphatic heterocycles. The lowest BCUT2D eigenvalue weighted by atomic mass is 10.1. The van der Waals surface area contributed by atoms with Crippen LogP contribution in [0.15, 0.2) is 57.7 Å². The van der Waals surface area contributed by atoms with Gasteiger partial charge in [-0.15, -0.1) is 11.3 Å². The van der Waals surface area contributed by atoms with Crippen LogP contribution >= 0.6 is 11.3 Å². The zero-order chi connectivity index (χ0) is 14.4. The fraction of sp³-hybridized carbons (Fsp3) is 0.0588. The first-order chi connectivity index (χ1) is 10.2. The monoisotopic (exact) mass is 293 g/mol. The first kappa shape index (κ1) is 12.3. The van der Waals surface area contributed by atoms with Crippen molar-refractivity contribution in [1.29, 1.82) is 0 Å². The van der Waals surface area contributed by atoms with Crippen molar-refractivity contribution in [2.45, 2.75) is 6.92 Å². The molecular weight excluding hydrogens is 282 g/mol. The molecule has 4 rings (SSSR count). The maximum absolute atomic E-state index is 11.3. The van der Waals surface area contributed by atoms with Gasteiger partial charge in [0.25, 0.3) is 0 Å². The Morgan fingerprint density at radius 1 is 1.05 bits per heavy atom. The Bertz CT molecular complexity index is 1030. The molecule has 0 N–H and O–H groups in total. The highest BCUT2D eigenvalue weighted by Gasteiger charge is 2.11. The Labute approximate surface area is 124 Å². The molecule has 4 aromatic rings. The number of hydrogen-bond acceptors (Lipinski definition) is 4. The predicted molar refractivity (Wildman–Crippen MR) is 85.8 cm³/mol. The molecule has 2 aromatic carbocycles. The van der Waals surface area contributed by atoms with Gasteiger partial charge in [-0.1, -0.05) is 24.3 Å². The first-order valence-corrected chi connectivity index (χ1v) is 7.43. The molecule has 102 valence electrons. The van der Waals surface area contributed by atoms with Crippen LogP contribution in [0, 0.1) is 6.92 Å². The molecule has 0 radical (unpaired) electrons. The first-order valence-electron chi connectivity index (χ1n) is 6.62. The van der Waals surface area contributed by atoms with Crippen molar-refractivity contribution >= 4 is 32.5 Å². The Morgan fingerprint density at radius 3 is 2.76 bits per heavy atom. The van der Waals surface area contributed by atoms with Crippen molar-refractivity contribution in [3.8, 4) is 10.6 Å². The van der Waals surface area contributed by atoms with Gasteiger partial charge in [-0.25, -0.2) is 9.78 Å². The highest BCUT2D eigenvalue weighted by molar-refractivity contribution is 7.22. The largest absolute Gasteiger partial charge is 0.423 e. The fourth-order valence-corrected chi connectivity index (χ4v) is 3.64. The summed E-state index contributed by atoms with van der Waals surface area (Å²) in [5.74, 6) is 0. The molecule has 0 aliphatic rings. The van der Waals surface area contributed by atoms with Crippen LogP contribution in [0.5, 0.6) is 0 Å². The van der Waals surface area contributed by atoms with Gasteiger partial charge in [-0.05, 0) is 30.7 Å². The molecule has 0 bridgehead atoms. The summed E-state index contributed by atoms with van der Waals surface area (Å²) < 4.78 is 6.28. The Balaban J connectivity index is 2.04. The highest BCUT2D eigenvalue weighted by Crippen LogP contribution is 2.35. The fourth-order valence-electron chi connectivity index (χ4n) is 2.46. The molecule has 0 atom stereocenters. The summed E-state index contributed by atoms with van der Waals surface area (Å²) in [5.41, 5.74) is 3.55. The summed E-state index contributed by atoms with van der Waals surface area (Å²) >= 11 is 1.63. The minimum absolute atomic E-state index is 0.328. The van der Waals surface area contributed by atoms with Gasteiger partial charge in [-0.2, -0.15) is 0 Å². The number of rotatable bonds is 1. The second-order valence-corrected chi connectivity index (χ2v) is 5.91. The van der Waals surface area contributed by atoms with Gasteiger partial charge < -0.3 is 4.42 Å². The SMILES string of the molecule is Cc1ccccc1-c1nc2ccc3oc(=O)ccc3c2s1. The van der Waals surface area contributed by atoms with Gasteiger partial charge >= 0.3 is 5.63 Å². The van der Waals surface area contributed by atoms with Crippen molar-refractivity contribution in [2.75, 3.05) is 0 Å². The minimum atomic E-state index is -0.328. The van der Waals surface area contributed by atoms with Crippen LogP contribution in [-0.2, 0) is 0 Å². The Kier molecular flexibility index (Phi) is 2.65. The van der Waals surface area contributed by atoms with E-state index < -0.39 is 0 Å². The number of nitrogens with zero attached hydrogens (tertiary/aromatic N) is 1. The lowest BCUT2D eigenvalue weighted by Crippen LogP contribution is -1.93. The molecule has 0 spiro atoms. The average molecular weight is 293 g/mol. The standard InChI is InChI=1S/C17H11NO2S/c1-10-4-2-3-5-11(10)17-18-13-7-8-14-12(16(13)21-17)6-9-15(19)20-14/h2-9H,1H3. The van der Waals surface area contributed by atoms with E-state index in [2.05, 4.69) is 19.1 Å². The van der Waals surface area contributed by atoms with E-state index in [9.17, 15) is 4.79 Å². The molecule has 2 heterocycles. The lowest BCUT2D eigenvalue weighted by molar-refractivity contribution is 0.561. The summed E-state index contributed by atoms with van der Waals surface area (Å²) in [4.78, 5) is 16.0. The summed E-state index contributed by atoms with van der Waals surface area (Å²) in [6.45, 7) is 2.08. The van der Waals surface area contributed by atoms with Gasteiger partial charge in [0.1, 0.15) is 10.6 Å². The molecule has 4 heteroatoms. The quantitative estimate of drug-likeness (QED) is 0.489. The molecule has 0 unspecified atom stereocenters. The summed E-state index contributed by atoms with van der Waals surface area (Å²) in [5, 5.41) is 1.92. The van der Waals surface area contributed by atoms with E-state index >= 15 is 0 Å². The number of benzene rings is 2. The van der Waals surface area contributed by atoms with E-state index in [1.807, 2.05) is 24.3 Å². The molecule has 0 saturated carbocycles. The average Bonchev–Trinajstić information content (AvgIpc) is 2.91. The summed E-state index contributed by atoms with van der Waals surface area (Å²) in [6.07, 6.45) is 0. The van der Waals surface area contributed by atoms with Crippen LogP contribution in [0.1, 0.15) is 5.56 Å². The summed E-state index contributed by atoms with van der Waals surface area (Å²) in [7, 11) is 0. The van der Waals surface area contributed by atoms with Crippen molar-refractivity contribution < 1.29 is 4.42 Å². The second kappa shape index (κ2) is 4.53. The molecule has 0 aliphatic carbocycles. The third kappa shape index (κ3) is 1.96. The van der Waals surface area contributed by atoms with Gasteiger partial charge in [-0.3, -0.25) is 0 Å². The zero-order valence-electron chi connectivity index (χ0n) is 11.3. The van der Waals surface area contributed by atoms with Crippen molar-refractivity contribution in [2.24, 2.45) is 0 Å². The number of aryl methyl sites for hydroxylation is 1. The van der Waals surface area contributed by atoms with Crippen molar-refractivity contribution in [3.05, 3.63) is 64.5 Å². The van der Waals surface area contributed by atoms with Crippen LogP contribution < -0.4 is 5.63 Å². The van der Waals surface area contributed by atoms with E-state index in [0.717, 1.165) is 26.2 Å². The molecule has 3 nitrogen and oxygen atoms in total.